The lowest BCUT2D eigenvalue weighted by atomic mass is 10.0. The molecule has 0 saturated heterocycles. The summed E-state index contributed by atoms with van der Waals surface area (Å²) < 4.78 is 1.89. The lowest BCUT2D eigenvalue weighted by Gasteiger charge is -2.17. The van der Waals surface area contributed by atoms with Crippen LogP contribution in [0.1, 0.15) is 40.3 Å². The summed E-state index contributed by atoms with van der Waals surface area (Å²) in [5.74, 6) is 1.08. The predicted molar refractivity (Wildman–Crippen MR) is 160 cm³/mol. The maximum Gasteiger partial charge on any atom is 0.251 e. The number of rotatable bonds is 8. The first-order valence-corrected chi connectivity index (χ1v) is 14.2. The van der Waals surface area contributed by atoms with Gasteiger partial charge in [0.1, 0.15) is 0 Å². The van der Waals surface area contributed by atoms with Crippen LogP contribution in [0.25, 0.3) is 16.8 Å². The van der Waals surface area contributed by atoms with Gasteiger partial charge >= 0.3 is 0 Å². The average Bonchev–Trinajstić information content (AvgIpc) is 3.37. The van der Waals surface area contributed by atoms with Crippen LogP contribution in [0.5, 0.6) is 0 Å². The molecule has 1 atom stereocenters. The van der Waals surface area contributed by atoms with Gasteiger partial charge in [-0.2, -0.15) is 0 Å². The quantitative estimate of drug-likeness (QED) is 0.190. The summed E-state index contributed by atoms with van der Waals surface area (Å²) in [5, 5.41) is 13.7. The van der Waals surface area contributed by atoms with Crippen molar-refractivity contribution in [3.05, 3.63) is 130 Å². The van der Waals surface area contributed by atoms with E-state index in [2.05, 4.69) is 34.6 Å². The van der Waals surface area contributed by atoms with E-state index in [1.165, 1.54) is 11.1 Å². The van der Waals surface area contributed by atoms with E-state index >= 15 is 0 Å². The normalized spacial score (nSPS) is 11.8. The van der Waals surface area contributed by atoms with Crippen LogP contribution in [0.3, 0.4) is 0 Å². The van der Waals surface area contributed by atoms with E-state index in [9.17, 15) is 4.79 Å². The van der Waals surface area contributed by atoms with Gasteiger partial charge in [-0.1, -0.05) is 102 Å². The third kappa shape index (κ3) is 6.19. The molecular weight excluding hydrogens is 547 g/mol. The molecule has 1 heterocycles. The Bertz CT molecular complexity index is 1600. The molecule has 0 aliphatic rings. The van der Waals surface area contributed by atoms with E-state index in [0.29, 0.717) is 38.0 Å². The molecule has 5 aromatic rings. The van der Waals surface area contributed by atoms with Gasteiger partial charge in [-0.15, -0.1) is 10.2 Å². The van der Waals surface area contributed by atoms with Crippen molar-refractivity contribution in [1.82, 2.24) is 20.1 Å². The van der Waals surface area contributed by atoms with Crippen LogP contribution in [-0.4, -0.2) is 20.7 Å². The zero-order chi connectivity index (χ0) is 27.4. The van der Waals surface area contributed by atoms with Gasteiger partial charge in [0, 0.05) is 16.3 Å². The third-order valence-corrected chi connectivity index (χ3v) is 7.93. The van der Waals surface area contributed by atoms with Crippen molar-refractivity contribution < 1.29 is 4.79 Å². The highest BCUT2D eigenvalue weighted by atomic mass is 35.5. The highest BCUT2D eigenvalue weighted by Crippen LogP contribution is 2.33. The summed E-state index contributed by atoms with van der Waals surface area (Å²) in [5.41, 5.74) is 5.82. The number of nitrogens with zero attached hydrogens (tertiary/aromatic N) is 3. The number of carbonyl (C=O) groups is 1. The zero-order valence-corrected chi connectivity index (χ0v) is 23.8. The van der Waals surface area contributed by atoms with Crippen LogP contribution in [0.2, 0.25) is 10.0 Å². The van der Waals surface area contributed by atoms with Crippen molar-refractivity contribution in [2.75, 3.05) is 0 Å². The van der Waals surface area contributed by atoms with E-state index in [1.54, 1.807) is 23.9 Å². The fourth-order valence-corrected chi connectivity index (χ4v) is 5.77. The minimum atomic E-state index is -0.446. The molecule has 8 heteroatoms. The molecule has 1 unspecified atom stereocenters. The standard InChI is InChI=1S/C31H26Cl2N4OS/c1-20-8-6-7-11-25(20)19-39-31-36-35-29(37(31)28-17-16-26(32)18-27(28)33)21(2)34-30(38)24-14-12-23(13-15-24)22-9-4-3-5-10-22/h3-18,21H,19H2,1-2H3,(H,34,38). The number of aromatic nitrogens is 3. The summed E-state index contributed by atoms with van der Waals surface area (Å²) in [6.45, 7) is 3.97. The monoisotopic (exact) mass is 572 g/mol. The number of hydrogen-bond donors (Lipinski definition) is 1. The molecule has 0 aliphatic heterocycles. The number of hydrogen-bond acceptors (Lipinski definition) is 4. The second-order valence-electron chi connectivity index (χ2n) is 9.13. The van der Waals surface area contributed by atoms with Crippen LogP contribution in [0, 0.1) is 6.92 Å². The Morgan fingerprint density at radius 1 is 0.897 bits per heavy atom. The average molecular weight is 574 g/mol. The fraction of sp³-hybridized carbons (Fsp3) is 0.129. The molecule has 39 heavy (non-hydrogen) atoms. The SMILES string of the molecule is Cc1ccccc1CSc1nnc(C(C)NC(=O)c2ccc(-c3ccccc3)cc2)n1-c1ccc(Cl)cc1Cl. The molecule has 1 amide bonds. The van der Waals surface area contributed by atoms with Crippen molar-refractivity contribution in [3.8, 4) is 16.8 Å². The van der Waals surface area contributed by atoms with Crippen LogP contribution in [0.4, 0.5) is 0 Å². The molecule has 1 aromatic heterocycles. The van der Waals surface area contributed by atoms with Crippen LogP contribution in [0.15, 0.2) is 102 Å². The lowest BCUT2D eigenvalue weighted by molar-refractivity contribution is 0.0938. The molecule has 0 spiro atoms. The van der Waals surface area contributed by atoms with Crippen molar-refractivity contribution >= 4 is 40.9 Å². The van der Waals surface area contributed by atoms with Crippen molar-refractivity contribution in [1.29, 1.82) is 0 Å². The highest BCUT2D eigenvalue weighted by molar-refractivity contribution is 7.98. The molecule has 0 radical (unpaired) electrons. The minimum absolute atomic E-state index is 0.201. The third-order valence-electron chi connectivity index (χ3n) is 6.42. The first-order chi connectivity index (χ1) is 18.9. The second kappa shape index (κ2) is 12.1. The zero-order valence-electron chi connectivity index (χ0n) is 21.4. The number of amides is 1. The smallest absolute Gasteiger partial charge is 0.251 e. The van der Waals surface area contributed by atoms with E-state index < -0.39 is 6.04 Å². The number of nitrogens with one attached hydrogen (secondary N) is 1. The van der Waals surface area contributed by atoms with E-state index in [0.717, 1.165) is 11.1 Å². The number of halogens is 2. The molecule has 0 saturated carbocycles. The Labute approximate surface area is 242 Å². The molecule has 4 aromatic carbocycles. The first-order valence-electron chi connectivity index (χ1n) is 12.4. The van der Waals surface area contributed by atoms with Gasteiger partial charge in [-0.3, -0.25) is 9.36 Å². The Morgan fingerprint density at radius 3 is 2.31 bits per heavy atom. The van der Waals surface area contributed by atoms with Gasteiger partial charge in [0.2, 0.25) is 0 Å². The molecule has 0 aliphatic carbocycles. The predicted octanol–water partition coefficient (Wildman–Crippen LogP) is 8.33. The summed E-state index contributed by atoms with van der Waals surface area (Å²) in [6.07, 6.45) is 0. The molecule has 0 bridgehead atoms. The van der Waals surface area contributed by atoms with Gasteiger partial charge in [-0.25, -0.2) is 0 Å². The summed E-state index contributed by atoms with van der Waals surface area (Å²) in [6, 6.07) is 30.7. The second-order valence-corrected chi connectivity index (χ2v) is 10.9. The van der Waals surface area contributed by atoms with Crippen LogP contribution >= 0.6 is 35.0 Å². The molecule has 1 N–H and O–H groups in total. The molecule has 0 fully saturated rings. The Balaban J connectivity index is 1.41. The van der Waals surface area contributed by atoms with Crippen molar-refractivity contribution in [2.45, 2.75) is 30.8 Å². The van der Waals surface area contributed by atoms with Crippen LogP contribution < -0.4 is 5.32 Å². The molecule has 196 valence electrons. The van der Waals surface area contributed by atoms with Gasteiger partial charge in [-0.05, 0) is 66.4 Å². The number of thioether (sulfide) groups is 1. The number of benzene rings is 4. The Kier molecular flexibility index (Phi) is 8.36. The summed E-state index contributed by atoms with van der Waals surface area (Å²) in [4.78, 5) is 13.2. The maximum atomic E-state index is 13.2. The first kappa shape index (κ1) is 27.0. The Morgan fingerprint density at radius 2 is 1.59 bits per heavy atom. The minimum Gasteiger partial charge on any atom is -0.342 e. The fourth-order valence-electron chi connectivity index (χ4n) is 4.25. The van der Waals surface area contributed by atoms with Gasteiger partial charge < -0.3 is 5.32 Å². The molecule has 5 rings (SSSR count). The van der Waals surface area contributed by atoms with Crippen LogP contribution in [-0.2, 0) is 5.75 Å². The van der Waals surface area contributed by atoms with E-state index in [-0.39, 0.29) is 5.91 Å². The summed E-state index contributed by atoms with van der Waals surface area (Å²) in [7, 11) is 0. The topological polar surface area (TPSA) is 59.8 Å². The lowest BCUT2D eigenvalue weighted by Crippen LogP contribution is -2.28. The van der Waals surface area contributed by atoms with E-state index in [1.807, 2.05) is 84.3 Å². The van der Waals surface area contributed by atoms with Crippen molar-refractivity contribution in [3.63, 3.8) is 0 Å². The van der Waals surface area contributed by atoms with Crippen molar-refractivity contribution in [2.24, 2.45) is 0 Å². The highest BCUT2D eigenvalue weighted by Gasteiger charge is 2.23. The van der Waals surface area contributed by atoms with Gasteiger partial charge in [0.25, 0.3) is 5.91 Å². The number of carbonyl (C=O) groups excluding carboxylic acids is 1. The molecular formula is C31H26Cl2N4OS. The summed E-state index contributed by atoms with van der Waals surface area (Å²) >= 11 is 14.4. The van der Waals surface area contributed by atoms with Gasteiger partial charge in [0.05, 0.1) is 16.8 Å². The molecule has 5 nitrogen and oxygen atoms in total. The maximum absolute atomic E-state index is 13.2. The van der Waals surface area contributed by atoms with E-state index in [4.69, 9.17) is 23.2 Å². The largest absolute Gasteiger partial charge is 0.342 e. The Hall–Kier alpha value is -3.58. The number of aryl methyl sites for hydroxylation is 1. The van der Waals surface area contributed by atoms with Gasteiger partial charge in [0.15, 0.2) is 11.0 Å².